The summed E-state index contributed by atoms with van der Waals surface area (Å²) in [5.74, 6) is 0.0908. The van der Waals surface area contributed by atoms with Crippen molar-refractivity contribution in [3.63, 3.8) is 0 Å². The van der Waals surface area contributed by atoms with Crippen molar-refractivity contribution in [3.8, 4) is 0 Å². The highest BCUT2D eigenvalue weighted by Gasteiger charge is 2.22. The van der Waals surface area contributed by atoms with E-state index in [2.05, 4.69) is 9.74 Å². The van der Waals surface area contributed by atoms with E-state index in [-0.39, 0.29) is 5.91 Å². The fourth-order valence-electron chi connectivity index (χ4n) is 1.96. The van der Waals surface area contributed by atoms with E-state index in [1.165, 1.54) is 0 Å². The van der Waals surface area contributed by atoms with Crippen LogP contribution in [0, 0.1) is 6.57 Å². The number of hydrogen-bond acceptors (Lipinski definition) is 2. The van der Waals surface area contributed by atoms with E-state index in [0.717, 1.165) is 18.7 Å². The molecular formula is C13H15N3O. The summed E-state index contributed by atoms with van der Waals surface area (Å²) >= 11 is 0. The first-order chi connectivity index (χ1) is 8.31. The molecule has 1 aromatic carbocycles. The van der Waals surface area contributed by atoms with Gasteiger partial charge >= 0.3 is 0 Å². The normalized spacial score (nSPS) is 16.5. The maximum atomic E-state index is 12.1. The van der Waals surface area contributed by atoms with Crippen LogP contribution in [-0.4, -0.2) is 48.6 Å². The molecular weight excluding hydrogens is 214 g/mol. The highest BCUT2D eigenvalue weighted by Crippen LogP contribution is 2.08. The number of amides is 1. The predicted octanol–water partition coefficient (Wildman–Crippen LogP) is 1.32. The van der Waals surface area contributed by atoms with Gasteiger partial charge in [0.2, 0.25) is 0 Å². The zero-order valence-corrected chi connectivity index (χ0v) is 9.67. The van der Waals surface area contributed by atoms with Gasteiger partial charge in [-0.25, -0.2) is 11.5 Å². The van der Waals surface area contributed by atoms with Crippen molar-refractivity contribution in [1.82, 2.24) is 9.80 Å². The summed E-state index contributed by atoms with van der Waals surface area (Å²) in [5.41, 5.74) is 0.742. The first-order valence-corrected chi connectivity index (χ1v) is 5.71. The number of rotatable bonds is 2. The number of carbonyl (C=O) groups excluding carboxylic acids is 1. The monoisotopic (exact) mass is 229 g/mol. The highest BCUT2D eigenvalue weighted by molar-refractivity contribution is 5.94. The van der Waals surface area contributed by atoms with Crippen LogP contribution in [0.5, 0.6) is 0 Å². The Hall–Kier alpha value is -1.86. The molecule has 1 aromatic rings. The van der Waals surface area contributed by atoms with Gasteiger partial charge in [-0.3, -0.25) is 9.64 Å². The molecule has 0 aliphatic carbocycles. The van der Waals surface area contributed by atoms with Crippen molar-refractivity contribution in [1.29, 1.82) is 0 Å². The second-order valence-corrected chi connectivity index (χ2v) is 4.08. The summed E-state index contributed by atoms with van der Waals surface area (Å²) in [5, 5.41) is 0. The number of carbonyl (C=O) groups is 1. The van der Waals surface area contributed by atoms with E-state index in [1.54, 1.807) is 0 Å². The lowest BCUT2D eigenvalue weighted by molar-refractivity contribution is 0.0649. The summed E-state index contributed by atoms with van der Waals surface area (Å²) < 4.78 is 0. The molecule has 1 amide bonds. The van der Waals surface area contributed by atoms with Crippen molar-refractivity contribution in [2.75, 3.05) is 32.8 Å². The molecule has 2 rings (SSSR count). The highest BCUT2D eigenvalue weighted by atomic mass is 16.2. The second kappa shape index (κ2) is 5.46. The summed E-state index contributed by atoms with van der Waals surface area (Å²) in [6.07, 6.45) is 0. The second-order valence-electron chi connectivity index (χ2n) is 4.08. The van der Waals surface area contributed by atoms with Gasteiger partial charge < -0.3 is 4.90 Å². The fourth-order valence-corrected chi connectivity index (χ4v) is 1.96. The maximum absolute atomic E-state index is 12.1. The Morgan fingerprint density at radius 1 is 1.18 bits per heavy atom. The first-order valence-electron chi connectivity index (χ1n) is 5.71. The first kappa shape index (κ1) is 11.6. The van der Waals surface area contributed by atoms with Crippen LogP contribution in [0.15, 0.2) is 30.3 Å². The largest absolute Gasteiger partial charge is 0.336 e. The van der Waals surface area contributed by atoms with Crippen molar-refractivity contribution < 1.29 is 4.79 Å². The van der Waals surface area contributed by atoms with Crippen LogP contribution in [0.2, 0.25) is 0 Å². The standard InChI is InChI=1S/C13H15N3O/c1-14-11-15-7-9-16(10-8-15)13(17)12-5-3-2-4-6-12/h2-6H,7-11H2. The molecule has 1 aliphatic heterocycles. The molecule has 1 aliphatic rings. The van der Waals surface area contributed by atoms with Crippen LogP contribution in [0.3, 0.4) is 0 Å². The Labute approximate surface area is 101 Å². The molecule has 0 N–H and O–H groups in total. The van der Waals surface area contributed by atoms with E-state index in [4.69, 9.17) is 6.57 Å². The Morgan fingerprint density at radius 3 is 2.41 bits per heavy atom. The van der Waals surface area contributed by atoms with Crippen molar-refractivity contribution >= 4 is 5.91 Å². The fraction of sp³-hybridized carbons (Fsp3) is 0.385. The van der Waals surface area contributed by atoms with Gasteiger partial charge in [0.25, 0.3) is 12.6 Å². The SMILES string of the molecule is [C-]#[N+]CN1CCN(C(=O)c2ccccc2)CC1. The van der Waals surface area contributed by atoms with Gasteiger partial charge in [0, 0.05) is 31.7 Å². The summed E-state index contributed by atoms with van der Waals surface area (Å²) in [4.78, 5) is 19.4. The van der Waals surface area contributed by atoms with E-state index in [0.29, 0.717) is 19.8 Å². The van der Waals surface area contributed by atoms with Crippen LogP contribution >= 0.6 is 0 Å². The maximum Gasteiger partial charge on any atom is 0.270 e. The molecule has 0 aromatic heterocycles. The van der Waals surface area contributed by atoms with Gasteiger partial charge in [-0.2, -0.15) is 0 Å². The molecule has 0 bridgehead atoms. The molecule has 1 heterocycles. The molecule has 4 heteroatoms. The summed E-state index contributed by atoms with van der Waals surface area (Å²) in [6.45, 7) is 10.3. The molecule has 1 fully saturated rings. The minimum absolute atomic E-state index is 0.0908. The average Bonchev–Trinajstić information content (AvgIpc) is 2.40. The minimum Gasteiger partial charge on any atom is -0.336 e. The zero-order chi connectivity index (χ0) is 12.1. The van der Waals surface area contributed by atoms with Gasteiger partial charge in [0.15, 0.2) is 0 Å². The molecule has 0 unspecified atom stereocenters. The molecule has 0 spiro atoms. The van der Waals surface area contributed by atoms with Gasteiger partial charge in [-0.05, 0) is 12.1 Å². The third-order valence-corrected chi connectivity index (χ3v) is 2.95. The Kier molecular flexibility index (Phi) is 3.73. The molecule has 0 radical (unpaired) electrons. The van der Waals surface area contributed by atoms with Crippen molar-refractivity contribution in [2.24, 2.45) is 0 Å². The van der Waals surface area contributed by atoms with Gasteiger partial charge in [-0.15, -0.1) is 0 Å². The summed E-state index contributed by atoms with van der Waals surface area (Å²) in [6, 6.07) is 9.34. The number of hydrogen-bond donors (Lipinski definition) is 0. The van der Waals surface area contributed by atoms with Gasteiger partial charge in [0.1, 0.15) is 0 Å². The third kappa shape index (κ3) is 2.83. The Morgan fingerprint density at radius 2 is 1.82 bits per heavy atom. The molecule has 1 saturated heterocycles. The lowest BCUT2D eigenvalue weighted by Crippen LogP contribution is -2.48. The average molecular weight is 229 g/mol. The molecule has 0 atom stereocenters. The van der Waals surface area contributed by atoms with Gasteiger partial charge in [0.05, 0.1) is 0 Å². The molecule has 0 saturated carbocycles. The summed E-state index contributed by atoms with van der Waals surface area (Å²) in [7, 11) is 0. The van der Waals surface area contributed by atoms with Crippen LogP contribution < -0.4 is 0 Å². The number of nitrogens with zero attached hydrogens (tertiary/aromatic N) is 3. The van der Waals surface area contributed by atoms with Crippen LogP contribution in [0.25, 0.3) is 4.85 Å². The topological polar surface area (TPSA) is 27.9 Å². The number of piperazine rings is 1. The third-order valence-electron chi connectivity index (χ3n) is 2.95. The van der Waals surface area contributed by atoms with E-state index < -0.39 is 0 Å². The van der Waals surface area contributed by atoms with Crippen molar-refractivity contribution in [3.05, 3.63) is 47.3 Å². The lowest BCUT2D eigenvalue weighted by atomic mass is 10.2. The Bertz CT molecular complexity index is 416. The minimum atomic E-state index is 0.0908. The van der Waals surface area contributed by atoms with E-state index in [1.807, 2.05) is 35.2 Å². The molecule has 17 heavy (non-hydrogen) atoms. The molecule has 88 valence electrons. The Balaban J connectivity index is 1.93. The quantitative estimate of drug-likeness (QED) is 0.715. The van der Waals surface area contributed by atoms with E-state index in [9.17, 15) is 4.79 Å². The van der Waals surface area contributed by atoms with Gasteiger partial charge in [-0.1, -0.05) is 18.2 Å². The zero-order valence-electron chi connectivity index (χ0n) is 9.67. The van der Waals surface area contributed by atoms with Crippen LogP contribution in [0.1, 0.15) is 10.4 Å². The lowest BCUT2D eigenvalue weighted by Gasteiger charge is -2.32. The van der Waals surface area contributed by atoms with Crippen molar-refractivity contribution in [2.45, 2.75) is 0 Å². The van der Waals surface area contributed by atoms with Crippen LogP contribution in [0.4, 0.5) is 0 Å². The van der Waals surface area contributed by atoms with E-state index >= 15 is 0 Å². The predicted molar refractivity (Wildman–Crippen MR) is 65.4 cm³/mol. The molecule has 4 nitrogen and oxygen atoms in total. The van der Waals surface area contributed by atoms with Crippen LogP contribution in [-0.2, 0) is 0 Å². The number of benzene rings is 1. The smallest absolute Gasteiger partial charge is 0.270 e.